The van der Waals surface area contributed by atoms with Gasteiger partial charge in [0.25, 0.3) is 5.91 Å². The molecule has 0 spiro atoms. The number of benzene rings is 1. The summed E-state index contributed by atoms with van der Waals surface area (Å²) < 4.78 is 37.9. The number of amides is 1. The van der Waals surface area contributed by atoms with Crippen LogP contribution in [0.15, 0.2) is 24.3 Å². The molecule has 0 radical (unpaired) electrons. The number of carboxylic acid groups (broad SMARTS) is 1. The fraction of sp³-hybridized carbons (Fsp3) is 0.429. The molecule has 1 aromatic carbocycles. The summed E-state index contributed by atoms with van der Waals surface area (Å²) in [4.78, 5) is 24.5. The van der Waals surface area contributed by atoms with E-state index in [0.29, 0.717) is 19.4 Å². The molecule has 21 heavy (non-hydrogen) atoms. The van der Waals surface area contributed by atoms with Crippen LogP contribution in [0.3, 0.4) is 0 Å². The second kappa shape index (κ2) is 5.75. The molecule has 114 valence electrons. The summed E-state index contributed by atoms with van der Waals surface area (Å²) in [6.45, 7) is 0.392. The Labute approximate surface area is 119 Å². The van der Waals surface area contributed by atoms with E-state index in [1.54, 1.807) is 0 Å². The van der Waals surface area contributed by atoms with Crippen molar-refractivity contribution in [3.63, 3.8) is 0 Å². The molecule has 4 nitrogen and oxygen atoms in total. The number of likely N-dealkylation sites (tertiary alicyclic amines) is 1. The average molecular weight is 301 g/mol. The quantitative estimate of drug-likeness (QED) is 0.913. The first kappa shape index (κ1) is 15.3. The number of hydrogen-bond acceptors (Lipinski definition) is 2. The maximum Gasteiger partial charge on any atom is 0.416 e. The van der Waals surface area contributed by atoms with Crippen molar-refractivity contribution in [2.75, 3.05) is 13.1 Å². The number of carbonyl (C=O) groups is 2. The van der Waals surface area contributed by atoms with Crippen LogP contribution in [-0.4, -0.2) is 35.0 Å². The highest BCUT2D eigenvalue weighted by Gasteiger charge is 2.32. The molecule has 0 aromatic heterocycles. The fourth-order valence-corrected chi connectivity index (χ4v) is 2.37. The van der Waals surface area contributed by atoms with Gasteiger partial charge in [-0.15, -0.1) is 0 Å². The van der Waals surface area contributed by atoms with Crippen LogP contribution in [0, 0.1) is 5.92 Å². The Kier molecular flexibility index (Phi) is 4.20. The highest BCUT2D eigenvalue weighted by molar-refractivity contribution is 5.94. The van der Waals surface area contributed by atoms with E-state index >= 15 is 0 Å². The van der Waals surface area contributed by atoms with Crippen LogP contribution in [0.25, 0.3) is 0 Å². The summed E-state index contributed by atoms with van der Waals surface area (Å²) in [5.74, 6) is -2.21. The Bertz CT molecular complexity index is 557. The lowest BCUT2D eigenvalue weighted by Crippen LogP contribution is -2.42. The largest absolute Gasteiger partial charge is 0.481 e. The predicted octanol–water partition coefficient (Wildman–Crippen LogP) is 2.64. The van der Waals surface area contributed by atoms with Gasteiger partial charge in [0.05, 0.1) is 11.5 Å². The van der Waals surface area contributed by atoms with Gasteiger partial charge in [-0.3, -0.25) is 9.59 Å². The number of carbonyl (C=O) groups excluding carboxylic acids is 1. The van der Waals surface area contributed by atoms with Crippen molar-refractivity contribution < 1.29 is 27.9 Å². The highest BCUT2D eigenvalue weighted by atomic mass is 19.4. The third-order valence-electron chi connectivity index (χ3n) is 3.49. The van der Waals surface area contributed by atoms with Crippen LogP contribution in [0.4, 0.5) is 13.2 Å². The second-order valence-corrected chi connectivity index (χ2v) is 5.01. The minimum absolute atomic E-state index is 0.0322. The van der Waals surface area contributed by atoms with Crippen LogP contribution in [0.2, 0.25) is 0 Å². The lowest BCUT2D eigenvalue weighted by molar-refractivity contribution is -0.143. The summed E-state index contributed by atoms with van der Waals surface area (Å²) in [6, 6.07) is 4.18. The van der Waals surface area contributed by atoms with Gasteiger partial charge in [-0.05, 0) is 31.0 Å². The van der Waals surface area contributed by atoms with E-state index in [-0.39, 0.29) is 12.1 Å². The fourth-order valence-electron chi connectivity index (χ4n) is 2.37. The number of halogens is 3. The van der Waals surface area contributed by atoms with Gasteiger partial charge in [0, 0.05) is 18.7 Å². The van der Waals surface area contributed by atoms with Crippen molar-refractivity contribution >= 4 is 11.9 Å². The van der Waals surface area contributed by atoms with Gasteiger partial charge in [0.2, 0.25) is 0 Å². The maximum atomic E-state index is 12.6. The van der Waals surface area contributed by atoms with Gasteiger partial charge >= 0.3 is 12.1 Å². The number of piperidine rings is 1. The molecule has 1 aliphatic rings. The first-order chi connectivity index (χ1) is 9.79. The molecule has 2 rings (SSSR count). The molecule has 7 heteroatoms. The zero-order chi connectivity index (χ0) is 15.6. The van der Waals surface area contributed by atoms with Crippen molar-refractivity contribution in [3.8, 4) is 0 Å². The Balaban J connectivity index is 2.18. The zero-order valence-electron chi connectivity index (χ0n) is 11.1. The first-order valence-electron chi connectivity index (χ1n) is 6.48. The van der Waals surface area contributed by atoms with Gasteiger partial charge in [-0.25, -0.2) is 0 Å². The molecule has 1 atom stereocenters. The molecule has 0 bridgehead atoms. The van der Waals surface area contributed by atoms with E-state index in [9.17, 15) is 22.8 Å². The first-order valence-corrected chi connectivity index (χ1v) is 6.48. The Morgan fingerprint density at radius 3 is 2.62 bits per heavy atom. The van der Waals surface area contributed by atoms with E-state index in [4.69, 9.17) is 5.11 Å². The zero-order valence-corrected chi connectivity index (χ0v) is 11.1. The molecule has 1 saturated heterocycles. The van der Waals surface area contributed by atoms with Crippen molar-refractivity contribution in [2.24, 2.45) is 5.92 Å². The van der Waals surface area contributed by atoms with Gasteiger partial charge in [0.15, 0.2) is 0 Å². The van der Waals surface area contributed by atoms with Gasteiger partial charge in [-0.2, -0.15) is 13.2 Å². The summed E-state index contributed by atoms with van der Waals surface area (Å²) in [5.41, 5.74) is -0.962. The van der Waals surface area contributed by atoms with Crippen molar-refractivity contribution in [1.29, 1.82) is 0 Å². The lowest BCUT2D eigenvalue weighted by Gasteiger charge is -2.30. The number of rotatable bonds is 2. The second-order valence-electron chi connectivity index (χ2n) is 5.01. The van der Waals surface area contributed by atoms with E-state index < -0.39 is 29.5 Å². The van der Waals surface area contributed by atoms with Crippen molar-refractivity contribution in [3.05, 3.63) is 35.4 Å². The maximum absolute atomic E-state index is 12.6. The summed E-state index contributed by atoms with van der Waals surface area (Å²) in [6.07, 6.45) is -3.51. The smallest absolute Gasteiger partial charge is 0.416 e. The Hall–Kier alpha value is -2.05. The monoisotopic (exact) mass is 301 g/mol. The summed E-state index contributed by atoms with van der Waals surface area (Å²) >= 11 is 0. The average Bonchev–Trinajstić information content (AvgIpc) is 2.46. The molecule has 1 aromatic rings. The third-order valence-corrected chi connectivity index (χ3v) is 3.49. The molecular weight excluding hydrogens is 287 g/mol. The molecular formula is C14H14F3NO3. The normalized spacial score (nSPS) is 19.4. The molecule has 1 heterocycles. The molecule has 1 aliphatic heterocycles. The summed E-state index contributed by atoms with van der Waals surface area (Å²) in [5, 5.41) is 8.97. The van der Waals surface area contributed by atoms with Crippen molar-refractivity contribution in [1.82, 2.24) is 4.90 Å². The van der Waals surface area contributed by atoms with Crippen LogP contribution < -0.4 is 0 Å². The number of nitrogens with zero attached hydrogens (tertiary/aromatic N) is 1. The highest BCUT2D eigenvalue weighted by Crippen LogP contribution is 2.30. The standard InChI is InChI=1S/C14H14F3NO3/c15-14(16,17)11-5-1-3-9(7-11)12(19)18-6-2-4-10(8-18)13(20)21/h1,3,5,7,10H,2,4,6,8H2,(H,20,21). The van der Waals surface area contributed by atoms with Gasteiger partial charge in [-0.1, -0.05) is 6.07 Å². The van der Waals surface area contributed by atoms with E-state index in [1.165, 1.54) is 17.0 Å². The van der Waals surface area contributed by atoms with E-state index in [2.05, 4.69) is 0 Å². The number of aliphatic carboxylic acids is 1. The number of hydrogen-bond donors (Lipinski definition) is 1. The van der Waals surface area contributed by atoms with Crippen LogP contribution in [-0.2, 0) is 11.0 Å². The van der Waals surface area contributed by atoms with Gasteiger partial charge in [0.1, 0.15) is 0 Å². The Morgan fingerprint density at radius 2 is 2.00 bits per heavy atom. The lowest BCUT2D eigenvalue weighted by atomic mass is 9.97. The summed E-state index contributed by atoms with van der Waals surface area (Å²) in [7, 11) is 0. The molecule has 1 N–H and O–H groups in total. The number of carboxylic acids is 1. The minimum Gasteiger partial charge on any atom is -0.481 e. The van der Waals surface area contributed by atoms with Crippen molar-refractivity contribution in [2.45, 2.75) is 19.0 Å². The predicted molar refractivity (Wildman–Crippen MR) is 67.7 cm³/mol. The number of alkyl halides is 3. The molecule has 1 amide bonds. The minimum atomic E-state index is -4.51. The topological polar surface area (TPSA) is 57.6 Å². The van der Waals surface area contributed by atoms with Crippen LogP contribution >= 0.6 is 0 Å². The molecule has 0 saturated carbocycles. The molecule has 0 aliphatic carbocycles. The van der Waals surface area contributed by atoms with E-state index in [1.807, 2.05) is 0 Å². The molecule has 1 fully saturated rings. The van der Waals surface area contributed by atoms with Crippen LogP contribution in [0.5, 0.6) is 0 Å². The van der Waals surface area contributed by atoms with Gasteiger partial charge < -0.3 is 10.0 Å². The van der Waals surface area contributed by atoms with Crippen LogP contribution in [0.1, 0.15) is 28.8 Å². The SMILES string of the molecule is O=C(O)C1CCCN(C(=O)c2cccc(C(F)(F)F)c2)C1. The van der Waals surface area contributed by atoms with E-state index in [0.717, 1.165) is 12.1 Å². The third kappa shape index (κ3) is 3.53. The molecule has 1 unspecified atom stereocenters. The Morgan fingerprint density at radius 1 is 1.29 bits per heavy atom.